The highest BCUT2D eigenvalue weighted by atomic mass is 16.7. The molecular formula is C12H19NO4. The Morgan fingerprint density at radius 2 is 2.18 bits per heavy atom. The van der Waals surface area contributed by atoms with Gasteiger partial charge in [0.1, 0.15) is 0 Å². The van der Waals surface area contributed by atoms with E-state index >= 15 is 0 Å². The van der Waals surface area contributed by atoms with E-state index in [4.69, 9.17) is 9.57 Å². The molecule has 0 saturated heterocycles. The van der Waals surface area contributed by atoms with Crippen LogP contribution >= 0.6 is 0 Å². The van der Waals surface area contributed by atoms with E-state index in [0.717, 1.165) is 6.42 Å². The molecule has 1 saturated carbocycles. The maximum atomic E-state index is 11.9. The van der Waals surface area contributed by atoms with Gasteiger partial charge in [0.2, 0.25) is 0 Å². The van der Waals surface area contributed by atoms with Gasteiger partial charge in [-0.2, -0.15) is 0 Å². The Bertz CT molecular complexity index is 339. The normalized spacial score (nSPS) is 26.9. The molecule has 1 aliphatic carbocycles. The van der Waals surface area contributed by atoms with Gasteiger partial charge in [-0.05, 0) is 19.3 Å². The lowest BCUT2D eigenvalue weighted by Crippen LogP contribution is -2.32. The molecule has 2 atom stereocenters. The standard InChI is InChI=1S/C12H19NO4/c1-5-17-10(14)7-6-9-8-12(9,2)11(15)13(3)16-4/h6-7,9H,5,8H2,1-4H3/b7-6+. The van der Waals surface area contributed by atoms with Crippen molar-refractivity contribution in [3.05, 3.63) is 12.2 Å². The zero-order valence-electron chi connectivity index (χ0n) is 10.7. The predicted molar refractivity (Wildman–Crippen MR) is 61.8 cm³/mol. The lowest BCUT2D eigenvalue weighted by atomic mass is 10.1. The number of carbonyl (C=O) groups is 2. The Labute approximate surface area is 101 Å². The Hall–Kier alpha value is -1.36. The Morgan fingerprint density at radius 1 is 1.53 bits per heavy atom. The van der Waals surface area contributed by atoms with Gasteiger partial charge in [-0.15, -0.1) is 0 Å². The molecule has 1 amide bonds. The summed E-state index contributed by atoms with van der Waals surface area (Å²) in [5.41, 5.74) is -0.451. The van der Waals surface area contributed by atoms with E-state index in [0.29, 0.717) is 6.61 Å². The highest BCUT2D eigenvalue weighted by Crippen LogP contribution is 2.54. The van der Waals surface area contributed by atoms with Gasteiger partial charge in [-0.3, -0.25) is 9.63 Å². The average Bonchev–Trinajstić information content (AvgIpc) is 2.97. The fraction of sp³-hybridized carbons (Fsp3) is 0.667. The minimum Gasteiger partial charge on any atom is -0.463 e. The van der Waals surface area contributed by atoms with Crippen LogP contribution < -0.4 is 0 Å². The van der Waals surface area contributed by atoms with Gasteiger partial charge in [0.25, 0.3) is 5.91 Å². The van der Waals surface area contributed by atoms with E-state index in [9.17, 15) is 9.59 Å². The van der Waals surface area contributed by atoms with E-state index in [2.05, 4.69) is 0 Å². The Morgan fingerprint density at radius 3 is 2.71 bits per heavy atom. The van der Waals surface area contributed by atoms with Crippen molar-refractivity contribution in [1.29, 1.82) is 0 Å². The number of carbonyl (C=O) groups excluding carboxylic acids is 2. The van der Waals surface area contributed by atoms with Crippen molar-refractivity contribution in [2.45, 2.75) is 20.3 Å². The van der Waals surface area contributed by atoms with Crippen LogP contribution in [0.25, 0.3) is 0 Å². The topological polar surface area (TPSA) is 55.8 Å². The molecule has 5 heteroatoms. The minimum atomic E-state index is -0.451. The summed E-state index contributed by atoms with van der Waals surface area (Å²) >= 11 is 0. The molecule has 0 aromatic heterocycles. The van der Waals surface area contributed by atoms with Gasteiger partial charge in [-0.25, -0.2) is 9.86 Å². The van der Waals surface area contributed by atoms with Crippen LogP contribution in [0.3, 0.4) is 0 Å². The second kappa shape index (κ2) is 5.31. The number of allylic oxidation sites excluding steroid dienone is 1. The molecule has 0 aromatic carbocycles. The molecular weight excluding hydrogens is 222 g/mol. The van der Waals surface area contributed by atoms with E-state index in [1.165, 1.54) is 18.2 Å². The van der Waals surface area contributed by atoms with E-state index in [-0.39, 0.29) is 17.8 Å². The van der Waals surface area contributed by atoms with Crippen molar-refractivity contribution >= 4 is 11.9 Å². The van der Waals surface area contributed by atoms with Crippen LogP contribution in [0, 0.1) is 11.3 Å². The maximum Gasteiger partial charge on any atom is 0.330 e. The molecule has 0 heterocycles. The quantitative estimate of drug-likeness (QED) is 0.411. The van der Waals surface area contributed by atoms with Gasteiger partial charge in [0.15, 0.2) is 0 Å². The molecule has 0 spiro atoms. The van der Waals surface area contributed by atoms with Crippen molar-refractivity contribution < 1.29 is 19.2 Å². The fourth-order valence-electron chi connectivity index (χ4n) is 1.75. The van der Waals surface area contributed by atoms with Crippen molar-refractivity contribution in [3.63, 3.8) is 0 Å². The highest BCUT2D eigenvalue weighted by Gasteiger charge is 2.55. The van der Waals surface area contributed by atoms with Crippen molar-refractivity contribution in [2.24, 2.45) is 11.3 Å². The van der Waals surface area contributed by atoms with Crippen LogP contribution in [0.4, 0.5) is 0 Å². The zero-order chi connectivity index (χ0) is 13.1. The molecule has 5 nitrogen and oxygen atoms in total. The monoisotopic (exact) mass is 241 g/mol. The zero-order valence-corrected chi connectivity index (χ0v) is 10.7. The molecule has 0 aliphatic heterocycles. The van der Waals surface area contributed by atoms with E-state index in [1.807, 2.05) is 6.92 Å². The summed E-state index contributed by atoms with van der Waals surface area (Å²) in [6, 6.07) is 0. The number of hydrogen-bond acceptors (Lipinski definition) is 4. The molecule has 1 aliphatic rings. The third-order valence-electron chi connectivity index (χ3n) is 3.10. The average molecular weight is 241 g/mol. The summed E-state index contributed by atoms with van der Waals surface area (Å²) in [4.78, 5) is 27.9. The predicted octanol–water partition coefficient (Wildman–Crippen LogP) is 1.15. The largest absolute Gasteiger partial charge is 0.463 e. The van der Waals surface area contributed by atoms with Crippen molar-refractivity contribution in [3.8, 4) is 0 Å². The SMILES string of the molecule is CCOC(=O)/C=C/C1CC1(C)C(=O)N(C)OC. The van der Waals surface area contributed by atoms with Crippen LogP contribution in [-0.4, -0.2) is 37.7 Å². The second-order valence-electron chi connectivity index (χ2n) is 4.32. The van der Waals surface area contributed by atoms with Gasteiger partial charge in [-0.1, -0.05) is 13.0 Å². The summed E-state index contributed by atoms with van der Waals surface area (Å²) in [7, 11) is 3.03. The van der Waals surface area contributed by atoms with Gasteiger partial charge >= 0.3 is 5.97 Å². The highest BCUT2D eigenvalue weighted by molar-refractivity contribution is 5.86. The first-order valence-corrected chi connectivity index (χ1v) is 5.63. The third kappa shape index (κ3) is 3.06. The van der Waals surface area contributed by atoms with Gasteiger partial charge in [0, 0.05) is 13.1 Å². The maximum absolute atomic E-state index is 11.9. The first-order chi connectivity index (χ1) is 7.95. The molecule has 1 rings (SSSR count). The van der Waals surface area contributed by atoms with Crippen LogP contribution in [0.1, 0.15) is 20.3 Å². The molecule has 0 aromatic rings. The number of rotatable bonds is 5. The molecule has 0 bridgehead atoms. The summed E-state index contributed by atoms with van der Waals surface area (Å²) in [5, 5.41) is 1.22. The minimum absolute atomic E-state index is 0.0708. The molecule has 0 radical (unpaired) electrons. The van der Waals surface area contributed by atoms with Crippen LogP contribution in [0.15, 0.2) is 12.2 Å². The van der Waals surface area contributed by atoms with Gasteiger partial charge in [0.05, 0.1) is 19.1 Å². The Kier molecular flexibility index (Phi) is 4.28. The fourth-order valence-corrected chi connectivity index (χ4v) is 1.75. The summed E-state index contributed by atoms with van der Waals surface area (Å²) in [6.45, 7) is 3.98. The number of amides is 1. The first kappa shape index (κ1) is 13.7. The summed E-state index contributed by atoms with van der Waals surface area (Å²) in [6.07, 6.45) is 3.86. The van der Waals surface area contributed by atoms with Crippen molar-refractivity contribution in [1.82, 2.24) is 5.06 Å². The number of nitrogens with zero attached hydrogens (tertiary/aromatic N) is 1. The van der Waals surface area contributed by atoms with Crippen LogP contribution in [-0.2, 0) is 19.2 Å². The molecule has 1 fully saturated rings. The smallest absolute Gasteiger partial charge is 0.330 e. The number of hydrogen-bond donors (Lipinski definition) is 0. The lowest BCUT2D eigenvalue weighted by Gasteiger charge is -2.18. The Balaban J connectivity index is 2.52. The second-order valence-corrected chi connectivity index (χ2v) is 4.32. The molecule has 17 heavy (non-hydrogen) atoms. The van der Waals surface area contributed by atoms with E-state index in [1.54, 1.807) is 20.0 Å². The van der Waals surface area contributed by atoms with Crippen LogP contribution in [0.5, 0.6) is 0 Å². The number of hydroxylamine groups is 2. The number of ether oxygens (including phenoxy) is 1. The first-order valence-electron chi connectivity index (χ1n) is 5.63. The summed E-state index contributed by atoms with van der Waals surface area (Å²) < 4.78 is 4.77. The van der Waals surface area contributed by atoms with Crippen molar-refractivity contribution in [2.75, 3.05) is 20.8 Å². The molecule has 0 N–H and O–H groups in total. The number of esters is 1. The third-order valence-corrected chi connectivity index (χ3v) is 3.10. The van der Waals surface area contributed by atoms with E-state index < -0.39 is 5.41 Å². The lowest BCUT2D eigenvalue weighted by molar-refractivity contribution is -0.174. The molecule has 96 valence electrons. The summed E-state index contributed by atoms with van der Waals surface area (Å²) in [5.74, 6) is -0.357. The van der Waals surface area contributed by atoms with Gasteiger partial charge < -0.3 is 4.74 Å². The molecule has 2 unspecified atom stereocenters. The van der Waals surface area contributed by atoms with Crippen LogP contribution in [0.2, 0.25) is 0 Å².